The molecule has 0 aliphatic carbocycles. The van der Waals surface area contributed by atoms with E-state index in [1.807, 2.05) is 0 Å². The molecule has 17 heavy (non-hydrogen) atoms. The molecule has 1 atom stereocenters. The Hall–Kier alpha value is -1.52. The monoisotopic (exact) mass is 255 g/mol. The van der Waals surface area contributed by atoms with Crippen LogP contribution in [0.25, 0.3) is 0 Å². The summed E-state index contributed by atoms with van der Waals surface area (Å²) in [5.74, 6) is -0.231. The summed E-state index contributed by atoms with van der Waals surface area (Å²) < 4.78 is 0. The highest BCUT2D eigenvalue weighted by Gasteiger charge is 2.08. The number of non-ortho nitro benzene ring substituents is 1. The molecule has 0 radical (unpaired) electrons. The number of rotatable bonds is 6. The van der Waals surface area contributed by atoms with E-state index in [2.05, 4.69) is 19.9 Å². The van der Waals surface area contributed by atoms with Gasteiger partial charge in [0, 0.05) is 37.1 Å². The summed E-state index contributed by atoms with van der Waals surface area (Å²) in [6.07, 6.45) is 0.771. The summed E-state index contributed by atoms with van der Waals surface area (Å²) in [6.45, 7) is 1.20. The van der Waals surface area contributed by atoms with E-state index in [1.54, 1.807) is 0 Å². The van der Waals surface area contributed by atoms with Gasteiger partial charge in [-0.25, -0.2) is 0 Å². The van der Waals surface area contributed by atoms with E-state index >= 15 is 0 Å². The molecule has 1 aromatic carbocycles. The van der Waals surface area contributed by atoms with Gasteiger partial charge in [-0.05, 0) is 12.1 Å². The molecule has 0 aliphatic heterocycles. The number of amides is 1. The normalized spacial score (nSPS) is 9.94. The lowest BCUT2D eigenvalue weighted by atomic mass is 10.2. The van der Waals surface area contributed by atoms with E-state index in [0.29, 0.717) is 18.7 Å². The summed E-state index contributed by atoms with van der Waals surface area (Å²) in [5.41, 5.74) is 0.396. The molecule has 1 rings (SSSR count). The number of benzene rings is 1. The molecular weight excluding hydrogens is 241 g/mol. The van der Waals surface area contributed by atoms with Crippen molar-refractivity contribution in [2.45, 2.75) is 0 Å². The minimum absolute atomic E-state index is 0.0220. The molecule has 0 saturated heterocycles. The number of hydrogen-bond acceptors (Lipinski definition) is 4. The third kappa shape index (κ3) is 4.46. The van der Waals surface area contributed by atoms with Crippen LogP contribution < -0.4 is 10.6 Å². The summed E-state index contributed by atoms with van der Waals surface area (Å²) in [4.78, 5) is 21.5. The smallest absolute Gasteiger partial charge is 0.269 e. The first-order valence-electron chi connectivity index (χ1n) is 5.08. The first-order valence-corrected chi connectivity index (χ1v) is 5.90. The molecule has 1 aromatic rings. The van der Waals surface area contributed by atoms with Crippen LogP contribution in [-0.2, 0) is 0 Å². The fraction of sp³-hybridized carbons (Fsp3) is 0.300. The third-order valence-electron chi connectivity index (χ3n) is 2.07. The second kappa shape index (κ2) is 6.93. The minimum Gasteiger partial charge on any atom is -0.351 e. The Bertz CT molecular complexity index is 394. The molecule has 2 N–H and O–H groups in total. The van der Waals surface area contributed by atoms with E-state index in [1.165, 1.54) is 24.3 Å². The van der Waals surface area contributed by atoms with Crippen LogP contribution >= 0.6 is 9.24 Å². The zero-order valence-corrected chi connectivity index (χ0v) is 10.3. The number of hydrogen-bond donors (Lipinski definition) is 2. The number of nitrogens with zero attached hydrogens (tertiary/aromatic N) is 1. The maximum atomic E-state index is 11.6. The van der Waals surface area contributed by atoms with Crippen LogP contribution in [-0.4, -0.2) is 30.2 Å². The lowest BCUT2D eigenvalue weighted by molar-refractivity contribution is -0.384. The second-order valence-electron chi connectivity index (χ2n) is 3.26. The molecule has 6 nitrogen and oxygen atoms in total. The van der Waals surface area contributed by atoms with Crippen molar-refractivity contribution in [1.82, 2.24) is 10.6 Å². The quantitative estimate of drug-likeness (QED) is 0.340. The highest BCUT2D eigenvalue weighted by Crippen LogP contribution is 2.11. The SMILES string of the molecule is O=C(NCCNCP)c1ccc([N+](=O)[O-])cc1. The lowest BCUT2D eigenvalue weighted by Crippen LogP contribution is -2.31. The van der Waals surface area contributed by atoms with Gasteiger partial charge in [0.1, 0.15) is 0 Å². The van der Waals surface area contributed by atoms with E-state index in [-0.39, 0.29) is 11.6 Å². The summed E-state index contributed by atoms with van der Waals surface area (Å²) in [7, 11) is 2.52. The second-order valence-corrected chi connectivity index (χ2v) is 3.67. The van der Waals surface area contributed by atoms with Crippen LogP contribution in [0.4, 0.5) is 5.69 Å². The number of nitrogens with one attached hydrogen (secondary N) is 2. The van der Waals surface area contributed by atoms with Crippen molar-refractivity contribution >= 4 is 20.8 Å². The van der Waals surface area contributed by atoms with Crippen molar-refractivity contribution < 1.29 is 9.72 Å². The molecule has 0 aromatic heterocycles. The van der Waals surface area contributed by atoms with Crippen molar-refractivity contribution in [3.05, 3.63) is 39.9 Å². The zero-order valence-electron chi connectivity index (χ0n) is 9.18. The topological polar surface area (TPSA) is 84.3 Å². The van der Waals surface area contributed by atoms with Gasteiger partial charge >= 0.3 is 0 Å². The Morgan fingerprint density at radius 3 is 2.47 bits per heavy atom. The molecule has 0 saturated carbocycles. The number of carbonyl (C=O) groups is 1. The van der Waals surface area contributed by atoms with Crippen molar-refractivity contribution in [2.75, 3.05) is 19.4 Å². The van der Waals surface area contributed by atoms with Gasteiger partial charge in [0.25, 0.3) is 11.6 Å². The predicted molar refractivity (Wildman–Crippen MR) is 68.0 cm³/mol. The lowest BCUT2D eigenvalue weighted by Gasteiger charge is -2.05. The predicted octanol–water partition coefficient (Wildman–Crippen LogP) is 0.747. The van der Waals surface area contributed by atoms with E-state index in [0.717, 1.165) is 6.29 Å². The maximum absolute atomic E-state index is 11.6. The van der Waals surface area contributed by atoms with Crippen molar-refractivity contribution in [1.29, 1.82) is 0 Å². The average molecular weight is 255 g/mol. The minimum atomic E-state index is -0.496. The van der Waals surface area contributed by atoms with Crippen LogP contribution in [0.1, 0.15) is 10.4 Å². The van der Waals surface area contributed by atoms with Crippen molar-refractivity contribution in [3.8, 4) is 0 Å². The highest BCUT2D eigenvalue weighted by atomic mass is 31.0. The number of carbonyl (C=O) groups excluding carboxylic acids is 1. The molecule has 0 fully saturated rings. The van der Waals surface area contributed by atoms with Gasteiger partial charge < -0.3 is 10.6 Å². The van der Waals surface area contributed by atoms with Crippen LogP contribution in [0, 0.1) is 10.1 Å². The van der Waals surface area contributed by atoms with Crippen LogP contribution in [0.3, 0.4) is 0 Å². The Morgan fingerprint density at radius 2 is 1.94 bits per heavy atom. The summed E-state index contributed by atoms with van der Waals surface area (Å²) in [5, 5.41) is 16.2. The van der Waals surface area contributed by atoms with E-state index < -0.39 is 4.92 Å². The van der Waals surface area contributed by atoms with Gasteiger partial charge in [-0.15, -0.1) is 9.24 Å². The average Bonchev–Trinajstić information content (AvgIpc) is 2.34. The number of nitro benzene ring substituents is 1. The van der Waals surface area contributed by atoms with E-state index in [9.17, 15) is 14.9 Å². The van der Waals surface area contributed by atoms with Crippen molar-refractivity contribution in [3.63, 3.8) is 0 Å². The number of nitro groups is 1. The van der Waals surface area contributed by atoms with E-state index in [4.69, 9.17) is 0 Å². The molecular formula is C10H14N3O3P. The fourth-order valence-electron chi connectivity index (χ4n) is 1.20. The van der Waals surface area contributed by atoms with Gasteiger partial charge in [0.15, 0.2) is 0 Å². The molecule has 7 heteroatoms. The molecule has 1 unspecified atom stereocenters. The molecule has 1 amide bonds. The first-order chi connectivity index (χ1) is 8.15. The molecule has 0 aliphatic rings. The third-order valence-corrected chi connectivity index (χ3v) is 2.36. The molecule has 0 spiro atoms. The van der Waals surface area contributed by atoms with Gasteiger partial charge in [0.05, 0.1) is 4.92 Å². The van der Waals surface area contributed by atoms with Gasteiger partial charge in [0.2, 0.25) is 0 Å². The zero-order chi connectivity index (χ0) is 12.7. The Labute approximate surface area is 101 Å². The van der Waals surface area contributed by atoms with Crippen LogP contribution in [0.15, 0.2) is 24.3 Å². The standard InChI is InChI=1S/C10H14N3O3P/c14-10(12-6-5-11-7-17)8-1-3-9(4-2-8)13(15)16/h1-4,11H,5-7,17H2,(H,12,14). The molecule has 0 heterocycles. The largest absolute Gasteiger partial charge is 0.351 e. The van der Waals surface area contributed by atoms with Crippen LogP contribution in [0.5, 0.6) is 0 Å². The fourth-order valence-corrected chi connectivity index (χ4v) is 1.41. The summed E-state index contributed by atoms with van der Waals surface area (Å²) in [6, 6.07) is 5.51. The maximum Gasteiger partial charge on any atom is 0.269 e. The Kier molecular flexibility index (Phi) is 5.52. The van der Waals surface area contributed by atoms with Crippen LogP contribution in [0.2, 0.25) is 0 Å². The Morgan fingerprint density at radius 1 is 1.29 bits per heavy atom. The van der Waals surface area contributed by atoms with Crippen molar-refractivity contribution in [2.24, 2.45) is 0 Å². The van der Waals surface area contributed by atoms with Gasteiger partial charge in [-0.1, -0.05) is 0 Å². The Balaban J connectivity index is 2.49. The molecule has 0 bridgehead atoms. The molecule has 92 valence electrons. The first kappa shape index (κ1) is 13.5. The highest BCUT2D eigenvalue weighted by molar-refractivity contribution is 7.16. The summed E-state index contributed by atoms with van der Waals surface area (Å²) >= 11 is 0. The van der Waals surface area contributed by atoms with Gasteiger partial charge in [-0.2, -0.15) is 0 Å². The van der Waals surface area contributed by atoms with Gasteiger partial charge in [-0.3, -0.25) is 14.9 Å².